The molecule has 0 aromatic carbocycles. The minimum absolute atomic E-state index is 0.0338. The molecule has 0 spiro atoms. The standard InChI is InChI=1S/C13H29NO4/c1-3-13(14,12-15)6-4-8-17-10-11-18-9-5-7-16-2/h15H,3-12,14H2,1-2H3. The van der Waals surface area contributed by atoms with E-state index in [0.717, 1.165) is 32.3 Å². The maximum atomic E-state index is 9.13. The molecule has 0 heterocycles. The van der Waals surface area contributed by atoms with Gasteiger partial charge < -0.3 is 25.1 Å². The molecule has 0 saturated heterocycles. The SMILES string of the molecule is CCC(N)(CO)CCCOCCOCCCOC. The second kappa shape index (κ2) is 11.9. The van der Waals surface area contributed by atoms with Crippen molar-refractivity contribution in [1.29, 1.82) is 0 Å². The van der Waals surface area contributed by atoms with E-state index in [9.17, 15) is 0 Å². The molecule has 3 N–H and O–H groups in total. The lowest BCUT2D eigenvalue weighted by Gasteiger charge is -2.25. The highest BCUT2D eigenvalue weighted by Gasteiger charge is 2.20. The lowest BCUT2D eigenvalue weighted by atomic mass is 9.93. The Labute approximate surface area is 111 Å². The van der Waals surface area contributed by atoms with Crippen LogP contribution in [0.4, 0.5) is 0 Å². The Hall–Kier alpha value is -0.200. The van der Waals surface area contributed by atoms with Gasteiger partial charge in [-0.2, -0.15) is 0 Å². The van der Waals surface area contributed by atoms with E-state index in [1.54, 1.807) is 7.11 Å². The molecule has 1 atom stereocenters. The molecule has 5 heteroatoms. The van der Waals surface area contributed by atoms with Crippen LogP contribution in [0, 0.1) is 0 Å². The zero-order valence-corrected chi connectivity index (χ0v) is 11.8. The van der Waals surface area contributed by atoms with E-state index in [1.807, 2.05) is 6.92 Å². The van der Waals surface area contributed by atoms with Crippen molar-refractivity contribution < 1.29 is 19.3 Å². The van der Waals surface area contributed by atoms with E-state index in [-0.39, 0.29) is 6.61 Å². The van der Waals surface area contributed by atoms with Gasteiger partial charge in [0.15, 0.2) is 0 Å². The summed E-state index contributed by atoms with van der Waals surface area (Å²) in [5, 5.41) is 9.13. The Morgan fingerprint density at radius 1 is 1.00 bits per heavy atom. The molecule has 0 aliphatic rings. The first-order chi connectivity index (χ1) is 8.68. The van der Waals surface area contributed by atoms with Crippen LogP contribution in [0.2, 0.25) is 0 Å². The van der Waals surface area contributed by atoms with E-state index in [2.05, 4.69) is 0 Å². The minimum atomic E-state index is -0.444. The van der Waals surface area contributed by atoms with Crippen molar-refractivity contribution in [2.24, 2.45) is 5.73 Å². The lowest BCUT2D eigenvalue weighted by molar-refractivity contribution is 0.0364. The summed E-state index contributed by atoms with van der Waals surface area (Å²) in [6.45, 7) is 5.36. The van der Waals surface area contributed by atoms with Gasteiger partial charge >= 0.3 is 0 Å². The summed E-state index contributed by atoms with van der Waals surface area (Å²) in [6.07, 6.45) is 3.36. The largest absolute Gasteiger partial charge is 0.394 e. The van der Waals surface area contributed by atoms with Gasteiger partial charge in [-0.25, -0.2) is 0 Å². The second-order valence-electron chi connectivity index (χ2n) is 4.55. The number of rotatable bonds is 13. The van der Waals surface area contributed by atoms with Crippen molar-refractivity contribution in [2.45, 2.75) is 38.1 Å². The minimum Gasteiger partial charge on any atom is -0.394 e. The van der Waals surface area contributed by atoms with E-state index < -0.39 is 5.54 Å². The number of methoxy groups -OCH3 is 1. The van der Waals surface area contributed by atoms with Crippen molar-refractivity contribution in [3.63, 3.8) is 0 Å². The van der Waals surface area contributed by atoms with Gasteiger partial charge in [0.25, 0.3) is 0 Å². The number of hydrogen-bond acceptors (Lipinski definition) is 5. The number of aliphatic hydroxyl groups excluding tert-OH is 1. The van der Waals surface area contributed by atoms with Crippen molar-refractivity contribution in [3.8, 4) is 0 Å². The van der Waals surface area contributed by atoms with Crippen LogP contribution in [-0.4, -0.2) is 57.4 Å². The van der Waals surface area contributed by atoms with Gasteiger partial charge in [0, 0.05) is 32.5 Å². The zero-order valence-electron chi connectivity index (χ0n) is 11.8. The van der Waals surface area contributed by atoms with Gasteiger partial charge in [0.1, 0.15) is 0 Å². The summed E-state index contributed by atoms with van der Waals surface area (Å²) in [6, 6.07) is 0. The predicted molar refractivity (Wildman–Crippen MR) is 71.7 cm³/mol. The van der Waals surface area contributed by atoms with Gasteiger partial charge in [0.05, 0.1) is 19.8 Å². The van der Waals surface area contributed by atoms with Crippen LogP contribution in [0.5, 0.6) is 0 Å². The Morgan fingerprint density at radius 2 is 1.61 bits per heavy atom. The molecule has 0 saturated carbocycles. The molecule has 0 aromatic rings. The van der Waals surface area contributed by atoms with Crippen LogP contribution in [0.1, 0.15) is 32.6 Å². The predicted octanol–water partition coefficient (Wildman–Crippen LogP) is 0.936. The van der Waals surface area contributed by atoms with Crippen molar-refractivity contribution in [2.75, 3.05) is 46.8 Å². The van der Waals surface area contributed by atoms with Gasteiger partial charge in [-0.1, -0.05) is 6.92 Å². The average Bonchev–Trinajstić information content (AvgIpc) is 2.40. The normalized spacial score (nSPS) is 14.7. The number of nitrogens with two attached hydrogens (primary N) is 1. The van der Waals surface area contributed by atoms with Crippen LogP contribution in [-0.2, 0) is 14.2 Å². The fraction of sp³-hybridized carbons (Fsp3) is 1.00. The molecule has 18 heavy (non-hydrogen) atoms. The molecule has 0 aliphatic carbocycles. The summed E-state index contributed by atoms with van der Waals surface area (Å²) < 4.78 is 15.7. The summed E-state index contributed by atoms with van der Waals surface area (Å²) in [5.41, 5.74) is 5.52. The fourth-order valence-corrected chi connectivity index (χ4v) is 1.52. The Bertz CT molecular complexity index is 174. The van der Waals surface area contributed by atoms with E-state index in [4.69, 9.17) is 25.1 Å². The maximum Gasteiger partial charge on any atom is 0.0700 e. The second-order valence-corrected chi connectivity index (χ2v) is 4.55. The van der Waals surface area contributed by atoms with Crippen LogP contribution in [0.15, 0.2) is 0 Å². The van der Waals surface area contributed by atoms with E-state index in [1.165, 1.54) is 0 Å². The molecule has 1 unspecified atom stereocenters. The van der Waals surface area contributed by atoms with Crippen LogP contribution in [0.3, 0.4) is 0 Å². The summed E-state index contributed by atoms with van der Waals surface area (Å²) >= 11 is 0. The highest BCUT2D eigenvalue weighted by atomic mass is 16.5. The maximum absolute atomic E-state index is 9.13. The first-order valence-electron chi connectivity index (χ1n) is 6.72. The molecule has 0 aliphatic heterocycles. The van der Waals surface area contributed by atoms with Gasteiger partial charge in [0.2, 0.25) is 0 Å². The molecule has 5 nitrogen and oxygen atoms in total. The van der Waals surface area contributed by atoms with Crippen LogP contribution < -0.4 is 5.73 Å². The molecule has 110 valence electrons. The Kier molecular flexibility index (Phi) is 11.7. The smallest absolute Gasteiger partial charge is 0.0700 e. The first-order valence-corrected chi connectivity index (χ1v) is 6.72. The highest BCUT2D eigenvalue weighted by molar-refractivity contribution is 4.81. The number of ether oxygens (including phenoxy) is 3. The summed E-state index contributed by atoms with van der Waals surface area (Å²) in [7, 11) is 1.68. The van der Waals surface area contributed by atoms with Crippen LogP contribution in [0.25, 0.3) is 0 Å². The molecular weight excluding hydrogens is 234 g/mol. The quantitative estimate of drug-likeness (QED) is 0.484. The number of aliphatic hydroxyl groups is 1. The van der Waals surface area contributed by atoms with Gasteiger partial charge in [-0.05, 0) is 25.7 Å². The molecule has 0 bridgehead atoms. The van der Waals surface area contributed by atoms with Crippen LogP contribution >= 0.6 is 0 Å². The molecule has 0 amide bonds. The molecule has 0 rings (SSSR count). The third kappa shape index (κ3) is 9.79. The van der Waals surface area contributed by atoms with E-state index in [0.29, 0.717) is 26.4 Å². The van der Waals surface area contributed by atoms with Gasteiger partial charge in [-0.3, -0.25) is 0 Å². The molecule has 0 fully saturated rings. The Morgan fingerprint density at radius 3 is 2.11 bits per heavy atom. The highest BCUT2D eigenvalue weighted by Crippen LogP contribution is 2.12. The summed E-state index contributed by atoms with van der Waals surface area (Å²) in [4.78, 5) is 0. The molecule has 0 aromatic heterocycles. The Balaban J connectivity index is 3.21. The van der Waals surface area contributed by atoms with Crippen molar-refractivity contribution >= 4 is 0 Å². The number of hydrogen-bond donors (Lipinski definition) is 2. The third-order valence-electron chi connectivity index (χ3n) is 2.99. The monoisotopic (exact) mass is 263 g/mol. The lowest BCUT2D eigenvalue weighted by Crippen LogP contribution is -2.43. The van der Waals surface area contributed by atoms with Crippen molar-refractivity contribution in [1.82, 2.24) is 0 Å². The average molecular weight is 263 g/mol. The topological polar surface area (TPSA) is 73.9 Å². The fourth-order valence-electron chi connectivity index (χ4n) is 1.52. The van der Waals surface area contributed by atoms with E-state index >= 15 is 0 Å². The van der Waals surface area contributed by atoms with Crippen molar-refractivity contribution in [3.05, 3.63) is 0 Å². The molecule has 0 radical (unpaired) electrons. The first kappa shape index (κ1) is 17.8. The zero-order chi connectivity index (χ0) is 13.7. The summed E-state index contributed by atoms with van der Waals surface area (Å²) in [5.74, 6) is 0. The molecular formula is C13H29NO4. The third-order valence-corrected chi connectivity index (χ3v) is 2.99. The van der Waals surface area contributed by atoms with Gasteiger partial charge in [-0.15, -0.1) is 0 Å².